The minimum absolute atomic E-state index is 0.0423. The molecule has 0 aromatic carbocycles. The van der Waals surface area contributed by atoms with Gasteiger partial charge in [0.2, 0.25) is 10.0 Å². The van der Waals surface area contributed by atoms with Gasteiger partial charge < -0.3 is 0 Å². The highest BCUT2D eigenvalue weighted by molar-refractivity contribution is 7.88. The van der Waals surface area contributed by atoms with Crippen molar-refractivity contribution in [1.29, 1.82) is 0 Å². The lowest BCUT2D eigenvalue weighted by Gasteiger charge is -2.60. The van der Waals surface area contributed by atoms with Gasteiger partial charge in [0.05, 0.1) is 6.26 Å². The number of ketones is 1. The molecule has 4 aliphatic rings. The Balaban J connectivity index is 1.54. The number of fused-ring (bicyclic) bond motifs is 5. The summed E-state index contributed by atoms with van der Waals surface area (Å²) in [6, 6.07) is 0.117. The third-order valence-electron chi connectivity index (χ3n) is 8.76. The molecular formula is C20H33NO3S. The molecule has 0 bridgehead atoms. The lowest BCUT2D eigenvalue weighted by molar-refractivity contribution is -0.139. The number of nitrogens with one attached hydrogen (secondary N) is 1. The van der Waals surface area contributed by atoms with Crippen LogP contribution in [0.3, 0.4) is 0 Å². The molecule has 0 spiro atoms. The number of hydrogen-bond donors (Lipinski definition) is 1. The molecule has 0 saturated heterocycles. The summed E-state index contributed by atoms with van der Waals surface area (Å²) in [5.41, 5.74) is 0.297. The number of rotatable bonds is 2. The predicted octanol–water partition coefficient (Wildman–Crippen LogP) is 3.52. The van der Waals surface area contributed by atoms with E-state index in [9.17, 15) is 13.2 Å². The van der Waals surface area contributed by atoms with E-state index in [4.69, 9.17) is 0 Å². The summed E-state index contributed by atoms with van der Waals surface area (Å²) in [4.78, 5) is 12.5. The summed E-state index contributed by atoms with van der Waals surface area (Å²) in [6.07, 6.45) is 11.0. The van der Waals surface area contributed by atoms with Crippen LogP contribution >= 0.6 is 0 Å². The van der Waals surface area contributed by atoms with E-state index < -0.39 is 10.0 Å². The van der Waals surface area contributed by atoms with Crippen molar-refractivity contribution in [3.63, 3.8) is 0 Å². The topological polar surface area (TPSA) is 63.2 Å². The van der Waals surface area contributed by atoms with Crippen molar-refractivity contribution < 1.29 is 13.2 Å². The van der Waals surface area contributed by atoms with Crippen molar-refractivity contribution >= 4 is 15.8 Å². The zero-order valence-corrected chi connectivity index (χ0v) is 16.7. The van der Waals surface area contributed by atoms with Gasteiger partial charge in [-0.15, -0.1) is 0 Å². The molecule has 0 aliphatic heterocycles. The van der Waals surface area contributed by atoms with Crippen LogP contribution in [0, 0.1) is 34.5 Å². The molecule has 0 unspecified atom stereocenters. The normalized spacial score (nSPS) is 50.0. The molecule has 4 saturated carbocycles. The highest BCUT2D eigenvalue weighted by Gasteiger charge is 2.60. The molecule has 0 radical (unpaired) electrons. The monoisotopic (exact) mass is 367 g/mol. The molecule has 25 heavy (non-hydrogen) atoms. The molecule has 142 valence electrons. The quantitative estimate of drug-likeness (QED) is 0.812. The zero-order chi connectivity index (χ0) is 18.0. The van der Waals surface area contributed by atoms with Gasteiger partial charge in [0.1, 0.15) is 5.78 Å². The Kier molecular flexibility index (Phi) is 4.16. The van der Waals surface area contributed by atoms with Gasteiger partial charge in [-0.05, 0) is 80.5 Å². The van der Waals surface area contributed by atoms with Crippen molar-refractivity contribution in [3.05, 3.63) is 0 Å². The maximum Gasteiger partial charge on any atom is 0.208 e. The number of hydrogen-bond acceptors (Lipinski definition) is 3. The zero-order valence-electron chi connectivity index (χ0n) is 15.9. The lowest BCUT2D eigenvalue weighted by Crippen LogP contribution is -2.55. The number of carbonyl (C=O) groups is 1. The lowest BCUT2D eigenvalue weighted by atomic mass is 9.45. The van der Waals surface area contributed by atoms with Crippen LogP contribution in [0.1, 0.15) is 71.6 Å². The van der Waals surface area contributed by atoms with E-state index in [1.807, 2.05) is 0 Å². The SMILES string of the molecule is C[C@]12CC[C@@H](NS(C)(=O)=O)C[C@@H]1CC[C@@H]1[C@@H]2CC[C@]2(C)C(=O)CC[C@@H]12. The van der Waals surface area contributed by atoms with Crippen LogP contribution in [0.25, 0.3) is 0 Å². The second-order valence-electron chi connectivity index (χ2n) is 9.94. The Morgan fingerprint density at radius 1 is 1.00 bits per heavy atom. The average molecular weight is 368 g/mol. The summed E-state index contributed by atoms with van der Waals surface area (Å²) in [5, 5.41) is 0. The third kappa shape index (κ3) is 2.80. The maximum atomic E-state index is 12.5. The maximum absolute atomic E-state index is 12.5. The Labute approximate surface area is 152 Å². The Hall–Kier alpha value is -0.420. The van der Waals surface area contributed by atoms with Crippen molar-refractivity contribution in [1.82, 2.24) is 4.72 Å². The number of sulfonamides is 1. The number of carbonyl (C=O) groups excluding carboxylic acids is 1. The molecule has 4 fully saturated rings. The van der Waals surface area contributed by atoms with E-state index in [0.29, 0.717) is 29.0 Å². The Morgan fingerprint density at radius 3 is 2.48 bits per heavy atom. The minimum Gasteiger partial charge on any atom is -0.299 e. The van der Waals surface area contributed by atoms with E-state index in [0.717, 1.165) is 44.4 Å². The van der Waals surface area contributed by atoms with Gasteiger partial charge in [0.15, 0.2) is 0 Å². The average Bonchev–Trinajstić information content (AvgIpc) is 2.82. The third-order valence-corrected chi connectivity index (χ3v) is 9.52. The van der Waals surface area contributed by atoms with Gasteiger partial charge in [-0.2, -0.15) is 0 Å². The van der Waals surface area contributed by atoms with E-state index >= 15 is 0 Å². The molecule has 0 aromatic heterocycles. The van der Waals surface area contributed by atoms with Crippen LogP contribution in [-0.2, 0) is 14.8 Å². The summed E-state index contributed by atoms with van der Waals surface area (Å²) < 4.78 is 26.1. The first-order chi connectivity index (χ1) is 11.6. The van der Waals surface area contributed by atoms with Crippen molar-refractivity contribution in [2.24, 2.45) is 34.5 Å². The van der Waals surface area contributed by atoms with E-state index in [-0.39, 0.29) is 11.5 Å². The van der Waals surface area contributed by atoms with Gasteiger partial charge >= 0.3 is 0 Å². The fourth-order valence-electron chi connectivity index (χ4n) is 7.44. The number of Topliss-reactive ketones (excluding diaryl/α,β-unsaturated/α-hetero) is 1. The first-order valence-corrected chi connectivity index (χ1v) is 12.0. The van der Waals surface area contributed by atoms with E-state index in [1.54, 1.807) is 0 Å². The molecule has 0 aromatic rings. The highest BCUT2D eigenvalue weighted by atomic mass is 32.2. The summed E-state index contributed by atoms with van der Waals surface area (Å²) in [7, 11) is -3.12. The summed E-state index contributed by atoms with van der Waals surface area (Å²) in [6.45, 7) is 4.72. The molecule has 7 atom stereocenters. The van der Waals surface area contributed by atoms with Crippen molar-refractivity contribution in [3.8, 4) is 0 Å². The Morgan fingerprint density at radius 2 is 1.76 bits per heavy atom. The molecular weight excluding hydrogens is 334 g/mol. The van der Waals surface area contributed by atoms with Crippen LogP contribution in [0.5, 0.6) is 0 Å². The van der Waals surface area contributed by atoms with Crippen LogP contribution in [0.4, 0.5) is 0 Å². The molecule has 5 heteroatoms. The fraction of sp³-hybridized carbons (Fsp3) is 0.950. The van der Waals surface area contributed by atoms with Crippen LogP contribution in [0.2, 0.25) is 0 Å². The molecule has 4 nitrogen and oxygen atoms in total. The molecule has 0 heterocycles. The van der Waals surface area contributed by atoms with Crippen molar-refractivity contribution in [2.75, 3.05) is 6.26 Å². The van der Waals surface area contributed by atoms with E-state index in [2.05, 4.69) is 18.6 Å². The van der Waals surface area contributed by atoms with Crippen LogP contribution < -0.4 is 4.72 Å². The summed E-state index contributed by atoms with van der Waals surface area (Å²) in [5.74, 6) is 3.19. The molecule has 4 rings (SSSR count). The van der Waals surface area contributed by atoms with Gasteiger partial charge in [-0.3, -0.25) is 4.79 Å². The fourth-order valence-corrected chi connectivity index (χ4v) is 8.26. The van der Waals surface area contributed by atoms with Crippen LogP contribution in [-0.4, -0.2) is 26.5 Å². The standard InChI is InChI=1S/C20H33NO3S/c1-19-10-8-14(21-25(3,23)24)12-13(19)4-5-15-16-6-7-18(22)20(16,2)11-9-17(15)19/h13-17,21H,4-12H2,1-3H3/t13-,14+,15-,16-,17-,19-,20-/m0/s1. The molecule has 1 N–H and O–H groups in total. The molecule has 0 amide bonds. The summed E-state index contributed by atoms with van der Waals surface area (Å²) >= 11 is 0. The second-order valence-corrected chi connectivity index (χ2v) is 11.7. The van der Waals surface area contributed by atoms with Crippen molar-refractivity contribution in [2.45, 2.75) is 77.7 Å². The molecule has 4 aliphatic carbocycles. The first kappa shape index (κ1) is 18.0. The minimum atomic E-state index is -3.12. The second kappa shape index (κ2) is 5.79. The van der Waals surface area contributed by atoms with Gasteiger partial charge in [-0.1, -0.05) is 13.8 Å². The van der Waals surface area contributed by atoms with Gasteiger partial charge in [0.25, 0.3) is 0 Å². The highest BCUT2D eigenvalue weighted by Crippen LogP contribution is 2.65. The van der Waals surface area contributed by atoms with Gasteiger partial charge in [-0.25, -0.2) is 13.1 Å². The first-order valence-electron chi connectivity index (χ1n) is 10.1. The predicted molar refractivity (Wildman–Crippen MR) is 98.5 cm³/mol. The smallest absolute Gasteiger partial charge is 0.208 e. The largest absolute Gasteiger partial charge is 0.299 e. The van der Waals surface area contributed by atoms with Crippen LogP contribution in [0.15, 0.2) is 0 Å². The van der Waals surface area contributed by atoms with Gasteiger partial charge in [0, 0.05) is 17.9 Å². The van der Waals surface area contributed by atoms with E-state index in [1.165, 1.54) is 25.5 Å². The Bertz CT molecular complexity index is 674.